The van der Waals surface area contributed by atoms with Gasteiger partial charge in [0.25, 0.3) is 0 Å². The van der Waals surface area contributed by atoms with E-state index >= 15 is 0 Å². The van der Waals surface area contributed by atoms with Gasteiger partial charge in [0.15, 0.2) is 0 Å². The second-order valence-corrected chi connectivity index (χ2v) is 4.45. The normalized spacial score (nSPS) is 12.3. The Bertz CT molecular complexity index is 564. The highest BCUT2D eigenvalue weighted by Gasteiger charge is 2.13. The highest BCUT2D eigenvalue weighted by atomic mass is 16.3. The van der Waals surface area contributed by atoms with Gasteiger partial charge in [-0.1, -0.05) is 42.5 Å². The first-order valence-electron chi connectivity index (χ1n) is 6.35. The third-order valence-electron chi connectivity index (χ3n) is 3.08. The molecule has 2 aromatic carbocycles. The van der Waals surface area contributed by atoms with Crippen molar-refractivity contribution in [2.24, 2.45) is 5.73 Å². The predicted molar refractivity (Wildman–Crippen MR) is 75.5 cm³/mol. The molecule has 1 amide bonds. The molecule has 4 N–H and O–H groups in total. The number of carbonyl (C=O) groups is 1. The van der Waals surface area contributed by atoms with Crippen LogP contribution in [-0.2, 0) is 11.3 Å². The average Bonchev–Trinajstić information content (AvgIpc) is 2.45. The standard InChI is InChI=1S/C15H18N2O2/c16-9-8-14(18)15(19)17-10-12-6-3-5-11-4-1-2-7-13(11)12/h1-7,14,18H,8-10,16H2,(H,17,19). The zero-order valence-electron chi connectivity index (χ0n) is 10.7. The molecule has 0 aromatic heterocycles. The van der Waals surface area contributed by atoms with E-state index in [2.05, 4.69) is 5.32 Å². The van der Waals surface area contributed by atoms with Gasteiger partial charge in [-0.05, 0) is 29.3 Å². The minimum atomic E-state index is -1.03. The number of hydrogen-bond donors (Lipinski definition) is 3. The Labute approximate surface area is 112 Å². The average molecular weight is 258 g/mol. The van der Waals surface area contributed by atoms with E-state index in [1.165, 1.54) is 0 Å². The van der Waals surface area contributed by atoms with Crippen LogP contribution in [0.4, 0.5) is 0 Å². The fraction of sp³-hybridized carbons (Fsp3) is 0.267. The van der Waals surface area contributed by atoms with Crippen molar-refractivity contribution in [1.29, 1.82) is 0 Å². The van der Waals surface area contributed by atoms with Gasteiger partial charge in [-0.3, -0.25) is 4.79 Å². The van der Waals surface area contributed by atoms with Gasteiger partial charge in [-0.2, -0.15) is 0 Å². The van der Waals surface area contributed by atoms with E-state index in [0.717, 1.165) is 16.3 Å². The molecule has 0 radical (unpaired) electrons. The van der Waals surface area contributed by atoms with Gasteiger partial charge in [0.2, 0.25) is 5.91 Å². The number of fused-ring (bicyclic) bond motifs is 1. The van der Waals surface area contributed by atoms with Crippen LogP contribution >= 0.6 is 0 Å². The van der Waals surface area contributed by atoms with Crippen LogP contribution in [0.5, 0.6) is 0 Å². The maximum atomic E-state index is 11.6. The summed E-state index contributed by atoms with van der Waals surface area (Å²) in [6.45, 7) is 0.699. The Morgan fingerprint density at radius 2 is 1.95 bits per heavy atom. The van der Waals surface area contributed by atoms with Gasteiger partial charge in [0.05, 0.1) is 0 Å². The molecule has 100 valence electrons. The summed E-state index contributed by atoms with van der Waals surface area (Å²) in [7, 11) is 0. The third-order valence-corrected chi connectivity index (χ3v) is 3.08. The summed E-state index contributed by atoms with van der Waals surface area (Å²) in [5.74, 6) is -0.376. The maximum Gasteiger partial charge on any atom is 0.249 e. The minimum Gasteiger partial charge on any atom is -0.383 e. The molecule has 0 aliphatic rings. The number of amides is 1. The van der Waals surface area contributed by atoms with Crippen molar-refractivity contribution in [3.63, 3.8) is 0 Å². The van der Waals surface area contributed by atoms with E-state index in [1.54, 1.807) is 0 Å². The number of aliphatic hydroxyl groups is 1. The molecular weight excluding hydrogens is 240 g/mol. The first kappa shape index (κ1) is 13.5. The van der Waals surface area contributed by atoms with Crippen molar-refractivity contribution in [2.75, 3.05) is 6.54 Å². The van der Waals surface area contributed by atoms with Crippen LogP contribution in [-0.4, -0.2) is 23.7 Å². The van der Waals surface area contributed by atoms with E-state index in [1.807, 2.05) is 42.5 Å². The van der Waals surface area contributed by atoms with Crippen LogP contribution in [0.2, 0.25) is 0 Å². The zero-order valence-corrected chi connectivity index (χ0v) is 10.7. The van der Waals surface area contributed by atoms with Crippen molar-refractivity contribution in [3.05, 3.63) is 48.0 Å². The van der Waals surface area contributed by atoms with E-state index in [4.69, 9.17) is 5.73 Å². The summed E-state index contributed by atoms with van der Waals surface area (Å²) in [5, 5.41) is 14.5. The number of benzene rings is 2. The smallest absolute Gasteiger partial charge is 0.249 e. The van der Waals surface area contributed by atoms with Crippen LogP contribution in [0.3, 0.4) is 0 Å². The zero-order chi connectivity index (χ0) is 13.7. The lowest BCUT2D eigenvalue weighted by molar-refractivity contribution is -0.129. The largest absolute Gasteiger partial charge is 0.383 e. The van der Waals surface area contributed by atoms with Crippen molar-refractivity contribution in [3.8, 4) is 0 Å². The molecule has 0 heterocycles. The van der Waals surface area contributed by atoms with Crippen LogP contribution < -0.4 is 11.1 Å². The molecule has 0 spiro atoms. The highest BCUT2D eigenvalue weighted by molar-refractivity contribution is 5.86. The van der Waals surface area contributed by atoms with Crippen LogP contribution in [0.25, 0.3) is 10.8 Å². The molecule has 19 heavy (non-hydrogen) atoms. The van der Waals surface area contributed by atoms with Crippen LogP contribution in [0.1, 0.15) is 12.0 Å². The van der Waals surface area contributed by atoms with Gasteiger partial charge in [0, 0.05) is 6.54 Å². The lowest BCUT2D eigenvalue weighted by Crippen LogP contribution is -2.35. The van der Waals surface area contributed by atoms with Crippen LogP contribution in [0, 0.1) is 0 Å². The van der Waals surface area contributed by atoms with E-state index in [-0.39, 0.29) is 12.3 Å². The highest BCUT2D eigenvalue weighted by Crippen LogP contribution is 2.18. The fourth-order valence-corrected chi connectivity index (χ4v) is 2.04. The molecule has 4 nitrogen and oxygen atoms in total. The molecule has 2 rings (SSSR count). The Morgan fingerprint density at radius 1 is 1.21 bits per heavy atom. The number of hydrogen-bond acceptors (Lipinski definition) is 3. The number of carbonyl (C=O) groups excluding carboxylic acids is 1. The SMILES string of the molecule is NCCC(O)C(=O)NCc1cccc2ccccc12. The third kappa shape index (κ3) is 3.30. The van der Waals surface area contributed by atoms with E-state index in [9.17, 15) is 9.90 Å². The fourth-order valence-electron chi connectivity index (χ4n) is 2.04. The number of rotatable bonds is 5. The Balaban J connectivity index is 2.08. The molecule has 1 unspecified atom stereocenters. The number of aliphatic hydroxyl groups excluding tert-OH is 1. The molecular formula is C15H18N2O2. The van der Waals surface area contributed by atoms with Gasteiger partial charge >= 0.3 is 0 Å². The Hall–Kier alpha value is -1.91. The summed E-state index contributed by atoms with van der Waals surface area (Å²) >= 11 is 0. The first-order chi connectivity index (χ1) is 9.22. The Morgan fingerprint density at radius 3 is 2.74 bits per heavy atom. The maximum absolute atomic E-state index is 11.6. The lowest BCUT2D eigenvalue weighted by Gasteiger charge is -2.11. The number of nitrogens with one attached hydrogen (secondary N) is 1. The molecule has 0 aliphatic heterocycles. The van der Waals surface area contributed by atoms with Crippen molar-refractivity contribution < 1.29 is 9.90 Å². The van der Waals surface area contributed by atoms with Crippen molar-refractivity contribution in [2.45, 2.75) is 19.1 Å². The molecule has 0 fully saturated rings. The second-order valence-electron chi connectivity index (χ2n) is 4.45. The van der Waals surface area contributed by atoms with E-state index < -0.39 is 6.10 Å². The van der Waals surface area contributed by atoms with Crippen molar-refractivity contribution in [1.82, 2.24) is 5.32 Å². The molecule has 0 saturated carbocycles. The van der Waals surface area contributed by atoms with Gasteiger partial charge < -0.3 is 16.2 Å². The molecule has 0 saturated heterocycles. The Kier molecular flexibility index (Phi) is 4.49. The molecule has 2 aromatic rings. The summed E-state index contributed by atoms with van der Waals surface area (Å²) < 4.78 is 0. The lowest BCUT2D eigenvalue weighted by atomic mass is 10.0. The van der Waals surface area contributed by atoms with E-state index in [0.29, 0.717) is 13.1 Å². The summed E-state index contributed by atoms with van der Waals surface area (Å²) in [4.78, 5) is 11.6. The summed E-state index contributed by atoms with van der Waals surface area (Å²) in [6.07, 6.45) is -0.749. The first-order valence-corrected chi connectivity index (χ1v) is 6.35. The van der Waals surface area contributed by atoms with Crippen molar-refractivity contribution >= 4 is 16.7 Å². The van der Waals surface area contributed by atoms with Gasteiger partial charge in [-0.15, -0.1) is 0 Å². The number of nitrogens with two attached hydrogens (primary N) is 1. The molecule has 0 aliphatic carbocycles. The molecule has 4 heteroatoms. The minimum absolute atomic E-state index is 0.279. The second kappa shape index (κ2) is 6.31. The summed E-state index contributed by atoms with van der Waals surface area (Å²) in [6, 6.07) is 14.0. The predicted octanol–water partition coefficient (Wildman–Crippen LogP) is 1.17. The topological polar surface area (TPSA) is 75.3 Å². The van der Waals surface area contributed by atoms with Gasteiger partial charge in [0.1, 0.15) is 6.10 Å². The van der Waals surface area contributed by atoms with Crippen LogP contribution in [0.15, 0.2) is 42.5 Å². The quantitative estimate of drug-likeness (QED) is 0.753. The van der Waals surface area contributed by atoms with Gasteiger partial charge in [-0.25, -0.2) is 0 Å². The molecule has 0 bridgehead atoms. The molecule has 1 atom stereocenters. The summed E-state index contributed by atoms with van der Waals surface area (Å²) in [5.41, 5.74) is 6.34. The monoisotopic (exact) mass is 258 g/mol.